The minimum Gasteiger partial charge on any atom is -0.465 e. The molecule has 1 aromatic heterocycles. The molecule has 0 saturated carbocycles. The fourth-order valence-corrected chi connectivity index (χ4v) is 3.10. The van der Waals surface area contributed by atoms with E-state index in [1.165, 1.54) is 24.3 Å². The Morgan fingerprint density at radius 1 is 1.30 bits per heavy atom. The minimum absolute atomic E-state index is 0.0389. The number of methoxy groups -OCH3 is 1. The molecule has 10 heteroatoms. The van der Waals surface area contributed by atoms with Gasteiger partial charge in [-0.05, 0) is 31.2 Å². The van der Waals surface area contributed by atoms with Gasteiger partial charge in [-0.1, -0.05) is 0 Å². The van der Waals surface area contributed by atoms with Gasteiger partial charge in [-0.2, -0.15) is 8.42 Å². The predicted molar refractivity (Wildman–Crippen MR) is 101 cm³/mol. The van der Waals surface area contributed by atoms with Crippen LogP contribution in [-0.4, -0.2) is 51.8 Å². The zero-order chi connectivity index (χ0) is 20.2. The van der Waals surface area contributed by atoms with Gasteiger partial charge in [0.25, 0.3) is 10.0 Å². The second-order valence-electron chi connectivity index (χ2n) is 5.78. The van der Waals surface area contributed by atoms with Gasteiger partial charge in [-0.15, -0.1) is 4.40 Å². The topological polar surface area (TPSA) is 124 Å². The summed E-state index contributed by atoms with van der Waals surface area (Å²) in [5.74, 6) is -0.603. The third-order valence-corrected chi connectivity index (χ3v) is 4.53. The highest BCUT2D eigenvalue weighted by molar-refractivity contribution is 7.90. The normalized spacial score (nSPS) is 11.4. The van der Waals surface area contributed by atoms with Gasteiger partial charge in [-0.3, -0.25) is 4.98 Å². The van der Waals surface area contributed by atoms with Crippen LogP contribution in [0.4, 0.5) is 5.69 Å². The van der Waals surface area contributed by atoms with Gasteiger partial charge in [0.05, 0.1) is 24.6 Å². The molecule has 1 aromatic carbocycles. The Balaban J connectivity index is 2.63. The van der Waals surface area contributed by atoms with Crippen molar-refractivity contribution in [1.82, 2.24) is 9.88 Å². The molecule has 0 radical (unpaired) electrons. The van der Waals surface area contributed by atoms with E-state index >= 15 is 0 Å². The molecular formula is C17H20N4O5S. The van der Waals surface area contributed by atoms with E-state index in [1.807, 2.05) is 0 Å². The van der Waals surface area contributed by atoms with Gasteiger partial charge in [-0.25, -0.2) is 4.79 Å². The molecule has 0 fully saturated rings. The summed E-state index contributed by atoms with van der Waals surface area (Å²) in [5.41, 5.74) is 6.63. The number of hydrogen-bond donors (Lipinski definition) is 1. The van der Waals surface area contributed by atoms with Gasteiger partial charge in [0, 0.05) is 19.8 Å². The molecule has 1 heterocycles. The van der Waals surface area contributed by atoms with Crippen LogP contribution in [0.1, 0.15) is 16.1 Å². The summed E-state index contributed by atoms with van der Waals surface area (Å²) in [6, 6.07) is 5.71. The Morgan fingerprint density at radius 3 is 2.56 bits per heavy atom. The third kappa shape index (κ3) is 4.94. The number of pyridine rings is 1. The van der Waals surface area contributed by atoms with Crippen LogP contribution in [0.3, 0.4) is 0 Å². The van der Waals surface area contributed by atoms with Crippen molar-refractivity contribution >= 4 is 28.0 Å². The summed E-state index contributed by atoms with van der Waals surface area (Å²) in [4.78, 5) is 17.0. The number of nitrogen functional groups attached to an aromatic ring is 1. The lowest BCUT2D eigenvalue weighted by atomic mass is 10.2. The molecule has 0 amide bonds. The first-order valence-corrected chi connectivity index (χ1v) is 9.17. The Labute approximate surface area is 157 Å². The predicted octanol–water partition coefficient (Wildman–Crippen LogP) is 1.83. The first kappa shape index (κ1) is 20.2. The van der Waals surface area contributed by atoms with E-state index in [0.717, 1.165) is 18.1 Å². The van der Waals surface area contributed by atoms with Crippen molar-refractivity contribution in [2.24, 2.45) is 4.40 Å². The molecule has 0 atom stereocenters. The molecule has 0 bridgehead atoms. The van der Waals surface area contributed by atoms with Crippen LogP contribution in [-0.2, 0) is 14.8 Å². The highest BCUT2D eigenvalue weighted by Gasteiger charge is 2.25. The summed E-state index contributed by atoms with van der Waals surface area (Å²) in [5, 5.41) is 0. The van der Waals surface area contributed by atoms with Crippen molar-refractivity contribution in [3.05, 3.63) is 41.7 Å². The number of ether oxygens (including phenoxy) is 2. The van der Waals surface area contributed by atoms with Crippen molar-refractivity contribution in [2.75, 3.05) is 26.9 Å². The first-order valence-electron chi connectivity index (χ1n) is 7.73. The van der Waals surface area contributed by atoms with E-state index in [4.69, 9.17) is 10.5 Å². The fraction of sp³-hybridized carbons (Fsp3) is 0.235. The fourth-order valence-electron chi connectivity index (χ4n) is 2.01. The van der Waals surface area contributed by atoms with Crippen LogP contribution in [0, 0.1) is 6.92 Å². The van der Waals surface area contributed by atoms with Crippen LogP contribution in [0.5, 0.6) is 11.5 Å². The molecule has 9 nitrogen and oxygen atoms in total. The second kappa shape index (κ2) is 8.04. The maximum absolute atomic E-state index is 12.7. The van der Waals surface area contributed by atoms with Crippen LogP contribution < -0.4 is 10.5 Å². The molecule has 0 spiro atoms. The van der Waals surface area contributed by atoms with E-state index < -0.39 is 16.0 Å². The zero-order valence-electron chi connectivity index (χ0n) is 15.3. The molecule has 27 heavy (non-hydrogen) atoms. The molecule has 0 unspecified atom stereocenters. The molecular weight excluding hydrogens is 372 g/mol. The smallest absolute Gasteiger partial charge is 0.337 e. The zero-order valence-corrected chi connectivity index (χ0v) is 16.1. The summed E-state index contributed by atoms with van der Waals surface area (Å²) in [6.45, 7) is 1.80. The monoisotopic (exact) mass is 392 g/mol. The van der Waals surface area contributed by atoms with Crippen molar-refractivity contribution in [3.63, 3.8) is 0 Å². The standard InChI is InChI=1S/C17H20N4O5S/c1-11-5-6-13(9-19-11)26-16-14(18)7-12(17(22)25-4)8-15(16)27(23,24)20-10-21(2)3/h5-10H,18H2,1-4H3. The quantitative estimate of drug-likeness (QED) is 0.342. The number of carbonyl (C=O) groups excluding carboxylic acids is 1. The molecule has 0 aliphatic rings. The number of esters is 1. The van der Waals surface area contributed by atoms with E-state index in [-0.39, 0.29) is 27.6 Å². The average Bonchev–Trinajstić information content (AvgIpc) is 2.62. The Morgan fingerprint density at radius 2 is 2.00 bits per heavy atom. The number of aryl methyl sites for hydroxylation is 1. The molecule has 144 valence electrons. The van der Waals surface area contributed by atoms with Crippen molar-refractivity contribution in [2.45, 2.75) is 11.8 Å². The highest BCUT2D eigenvalue weighted by atomic mass is 32.2. The molecule has 2 N–H and O–H groups in total. The van der Waals surface area contributed by atoms with Crippen molar-refractivity contribution in [3.8, 4) is 11.5 Å². The van der Waals surface area contributed by atoms with Crippen LogP contribution in [0.2, 0.25) is 0 Å². The van der Waals surface area contributed by atoms with Gasteiger partial charge in [0.15, 0.2) is 5.75 Å². The average molecular weight is 392 g/mol. The number of rotatable bonds is 6. The summed E-state index contributed by atoms with van der Waals surface area (Å²) >= 11 is 0. The van der Waals surface area contributed by atoms with E-state index in [9.17, 15) is 13.2 Å². The number of hydrogen-bond acceptors (Lipinski definition) is 7. The summed E-state index contributed by atoms with van der Waals surface area (Å²) < 4.78 is 39.3. The van der Waals surface area contributed by atoms with Crippen LogP contribution in [0.25, 0.3) is 0 Å². The maximum atomic E-state index is 12.7. The third-order valence-electron chi connectivity index (χ3n) is 3.30. The largest absolute Gasteiger partial charge is 0.465 e. The van der Waals surface area contributed by atoms with E-state index in [2.05, 4.69) is 14.1 Å². The van der Waals surface area contributed by atoms with Gasteiger partial charge < -0.3 is 20.1 Å². The maximum Gasteiger partial charge on any atom is 0.337 e. The summed E-state index contributed by atoms with van der Waals surface area (Å²) in [7, 11) is 0.211. The minimum atomic E-state index is -4.21. The molecule has 0 aliphatic heterocycles. The molecule has 0 aliphatic carbocycles. The lowest BCUT2D eigenvalue weighted by Gasteiger charge is -2.14. The molecule has 2 rings (SSSR count). The number of sulfonamides is 1. The number of benzene rings is 1. The van der Waals surface area contributed by atoms with Crippen molar-refractivity contribution < 1.29 is 22.7 Å². The number of aromatic nitrogens is 1. The number of anilines is 1. The number of nitrogens with zero attached hydrogens (tertiary/aromatic N) is 3. The van der Waals surface area contributed by atoms with E-state index in [0.29, 0.717) is 0 Å². The lowest BCUT2D eigenvalue weighted by molar-refractivity contribution is 0.0600. The number of nitrogens with two attached hydrogens (primary N) is 1. The molecule has 0 saturated heterocycles. The van der Waals surface area contributed by atoms with E-state index in [1.54, 1.807) is 33.2 Å². The SMILES string of the molecule is COC(=O)c1cc(N)c(Oc2ccc(C)nc2)c(S(=O)(=O)N=CN(C)C)c1. The Kier molecular flexibility index (Phi) is 6.01. The van der Waals surface area contributed by atoms with Crippen molar-refractivity contribution in [1.29, 1.82) is 0 Å². The van der Waals surface area contributed by atoms with Gasteiger partial charge in [0.2, 0.25) is 0 Å². The molecule has 2 aromatic rings. The Hall–Kier alpha value is -3.14. The lowest BCUT2D eigenvalue weighted by Crippen LogP contribution is -2.12. The van der Waals surface area contributed by atoms with Gasteiger partial charge in [0.1, 0.15) is 17.0 Å². The Bertz CT molecular complexity index is 970. The van der Waals surface area contributed by atoms with Gasteiger partial charge >= 0.3 is 5.97 Å². The number of carbonyl (C=O) groups is 1. The second-order valence-corrected chi connectivity index (χ2v) is 7.38. The first-order chi connectivity index (χ1) is 12.6. The van der Waals surface area contributed by atoms with Crippen LogP contribution in [0.15, 0.2) is 39.8 Å². The van der Waals surface area contributed by atoms with Crippen LogP contribution >= 0.6 is 0 Å². The highest BCUT2D eigenvalue weighted by Crippen LogP contribution is 2.36. The summed E-state index contributed by atoms with van der Waals surface area (Å²) in [6.07, 6.45) is 2.55.